The summed E-state index contributed by atoms with van der Waals surface area (Å²) in [6, 6.07) is 9.57. The van der Waals surface area contributed by atoms with Crippen molar-refractivity contribution in [2.75, 3.05) is 0 Å². The summed E-state index contributed by atoms with van der Waals surface area (Å²) in [5, 5.41) is 5.24. The molecule has 2 heterocycles. The molecule has 0 radical (unpaired) electrons. The minimum absolute atomic E-state index is 0.401. The van der Waals surface area contributed by atoms with Crippen LogP contribution in [-0.4, -0.2) is 14.8 Å². The number of pyridine rings is 1. The van der Waals surface area contributed by atoms with Crippen LogP contribution < -0.4 is 10.5 Å². The second-order valence-corrected chi connectivity index (χ2v) is 4.26. The van der Waals surface area contributed by atoms with E-state index < -0.39 is 0 Å². The molecule has 3 aromatic rings. The quantitative estimate of drug-likeness (QED) is 0.778. The zero-order valence-corrected chi connectivity index (χ0v) is 10.6. The molecule has 0 bridgehead atoms. The summed E-state index contributed by atoms with van der Waals surface area (Å²) < 4.78 is 7.61. The predicted molar refractivity (Wildman–Crippen MR) is 72.9 cm³/mol. The van der Waals surface area contributed by atoms with E-state index in [9.17, 15) is 0 Å². The van der Waals surface area contributed by atoms with Crippen LogP contribution in [-0.2, 0) is 13.6 Å². The lowest BCUT2D eigenvalue weighted by Crippen LogP contribution is -2.00. The van der Waals surface area contributed by atoms with Crippen LogP contribution in [0.5, 0.6) is 11.6 Å². The molecular formula is C14H14N4O. The summed E-state index contributed by atoms with van der Waals surface area (Å²) in [4.78, 5) is 4.21. The smallest absolute Gasteiger partial charge is 0.223 e. The van der Waals surface area contributed by atoms with Crippen LogP contribution in [0.4, 0.5) is 0 Å². The SMILES string of the molecule is Cn1ncc2cc(Oc3ncccc3CN)ccc21. The molecule has 5 nitrogen and oxygen atoms in total. The van der Waals surface area contributed by atoms with Crippen LogP contribution in [0.25, 0.3) is 10.9 Å². The van der Waals surface area contributed by atoms with Gasteiger partial charge >= 0.3 is 0 Å². The van der Waals surface area contributed by atoms with Gasteiger partial charge in [0.25, 0.3) is 0 Å². The zero-order valence-electron chi connectivity index (χ0n) is 10.6. The molecule has 0 atom stereocenters. The maximum Gasteiger partial charge on any atom is 0.223 e. The van der Waals surface area contributed by atoms with E-state index in [0.717, 1.165) is 22.2 Å². The van der Waals surface area contributed by atoms with Gasteiger partial charge in [-0.05, 0) is 24.3 Å². The molecule has 1 aromatic carbocycles. The van der Waals surface area contributed by atoms with Gasteiger partial charge in [-0.2, -0.15) is 5.10 Å². The lowest BCUT2D eigenvalue weighted by molar-refractivity contribution is 0.457. The summed E-state index contributed by atoms with van der Waals surface area (Å²) in [6.45, 7) is 0.401. The van der Waals surface area contributed by atoms with Crippen LogP contribution in [0, 0.1) is 0 Å². The number of nitrogens with two attached hydrogens (primary N) is 1. The third-order valence-electron chi connectivity index (χ3n) is 3.00. The van der Waals surface area contributed by atoms with Gasteiger partial charge in [-0.25, -0.2) is 4.98 Å². The van der Waals surface area contributed by atoms with E-state index in [-0.39, 0.29) is 0 Å². The van der Waals surface area contributed by atoms with E-state index in [4.69, 9.17) is 10.5 Å². The Morgan fingerprint density at radius 1 is 1.32 bits per heavy atom. The molecule has 0 amide bonds. The Labute approximate surface area is 110 Å². The number of rotatable bonds is 3. The highest BCUT2D eigenvalue weighted by Gasteiger charge is 2.06. The topological polar surface area (TPSA) is 66.0 Å². The van der Waals surface area contributed by atoms with Crippen molar-refractivity contribution in [3.05, 3.63) is 48.3 Å². The Morgan fingerprint density at radius 3 is 3.05 bits per heavy atom. The van der Waals surface area contributed by atoms with Crippen molar-refractivity contribution in [2.24, 2.45) is 12.8 Å². The van der Waals surface area contributed by atoms with Crippen molar-refractivity contribution in [1.82, 2.24) is 14.8 Å². The Bertz CT molecular complexity index is 720. The van der Waals surface area contributed by atoms with Crippen molar-refractivity contribution in [1.29, 1.82) is 0 Å². The lowest BCUT2D eigenvalue weighted by Gasteiger charge is -2.08. The van der Waals surface area contributed by atoms with Gasteiger partial charge in [-0.3, -0.25) is 4.68 Å². The molecule has 3 rings (SSSR count). The molecule has 0 saturated carbocycles. The van der Waals surface area contributed by atoms with Gasteiger partial charge in [0.05, 0.1) is 11.7 Å². The fourth-order valence-corrected chi connectivity index (χ4v) is 1.99. The highest BCUT2D eigenvalue weighted by Crippen LogP contribution is 2.26. The van der Waals surface area contributed by atoms with Crippen LogP contribution >= 0.6 is 0 Å². The summed E-state index contributed by atoms with van der Waals surface area (Å²) in [5.74, 6) is 1.28. The first-order valence-corrected chi connectivity index (χ1v) is 6.01. The average Bonchev–Trinajstić information content (AvgIpc) is 2.81. The molecule has 0 spiro atoms. The highest BCUT2D eigenvalue weighted by atomic mass is 16.5. The Hall–Kier alpha value is -2.40. The molecule has 5 heteroatoms. The zero-order chi connectivity index (χ0) is 13.2. The molecule has 0 saturated heterocycles. The molecule has 0 aliphatic carbocycles. The first-order valence-electron chi connectivity index (χ1n) is 6.01. The minimum atomic E-state index is 0.401. The van der Waals surface area contributed by atoms with Crippen molar-refractivity contribution >= 4 is 10.9 Å². The summed E-state index contributed by atoms with van der Waals surface area (Å²) in [5.41, 5.74) is 7.61. The van der Waals surface area contributed by atoms with Crippen molar-refractivity contribution in [2.45, 2.75) is 6.54 Å². The van der Waals surface area contributed by atoms with Crippen molar-refractivity contribution < 1.29 is 4.74 Å². The Morgan fingerprint density at radius 2 is 2.21 bits per heavy atom. The van der Waals surface area contributed by atoms with E-state index in [0.29, 0.717) is 12.4 Å². The molecule has 19 heavy (non-hydrogen) atoms. The van der Waals surface area contributed by atoms with Gasteiger partial charge in [-0.15, -0.1) is 0 Å². The molecule has 0 fully saturated rings. The number of hydrogen-bond donors (Lipinski definition) is 1. The number of benzene rings is 1. The Balaban J connectivity index is 1.96. The molecule has 2 N–H and O–H groups in total. The number of aromatic nitrogens is 3. The number of ether oxygens (including phenoxy) is 1. The first-order chi connectivity index (χ1) is 9.28. The van der Waals surface area contributed by atoms with E-state index in [1.807, 2.05) is 48.3 Å². The van der Waals surface area contributed by atoms with Crippen molar-refractivity contribution in [3.8, 4) is 11.6 Å². The monoisotopic (exact) mass is 254 g/mol. The highest BCUT2D eigenvalue weighted by molar-refractivity contribution is 5.80. The summed E-state index contributed by atoms with van der Waals surface area (Å²) in [6.07, 6.45) is 3.50. The van der Waals surface area contributed by atoms with E-state index in [1.54, 1.807) is 6.20 Å². The van der Waals surface area contributed by atoms with Gasteiger partial charge < -0.3 is 10.5 Å². The number of hydrogen-bond acceptors (Lipinski definition) is 4. The second-order valence-electron chi connectivity index (χ2n) is 4.26. The molecule has 96 valence electrons. The van der Waals surface area contributed by atoms with Gasteiger partial charge in [0, 0.05) is 30.7 Å². The van der Waals surface area contributed by atoms with Crippen LogP contribution in [0.1, 0.15) is 5.56 Å². The van der Waals surface area contributed by atoms with Crippen LogP contribution in [0.2, 0.25) is 0 Å². The predicted octanol–water partition coefficient (Wildman–Crippen LogP) is 2.22. The van der Waals surface area contributed by atoms with E-state index >= 15 is 0 Å². The molecular weight excluding hydrogens is 240 g/mol. The number of fused-ring (bicyclic) bond motifs is 1. The average molecular weight is 254 g/mol. The molecule has 0 aliphatic rings. The summed E-state index contributed by atoms with van der Waals surface area (Å²) >= 11 is 0. The number of aryl methyl sites for hydroxylation is 1. The maximum absolute atomic E-state index is 5.79. The number of nitrogens with zero attached hydrogens (tertiary/aromatic N) is 3. The molecule has 0 aliphatic heterocycles. The largest absolute Gasteiger partial charge is 0.439 e. The van der Waals surface area contributed by atoms with Gasteiger partial charge in [0.2, 0.25) is 5.88 Å². The third-order valence-corrected chi connectivity index (χ3v) is 3.00. The van der Waals surface area contributed by atoms with Gasteiger partial charge in [0.1, 0.15) is 5.75 Å². The fraction of sp³-hybridized carbons (Fsp3) is 0.143. The maximum atomic E-state index is 5.79. The standard InChI is InChI=1S/C14H14N4O/c1-18-13-5-4-12(7-11(13)9-17-18)19-14-10(8-15)3-2-6-16-14/h2-7,9H,8,15H2,1H3. The minimum Gasteiger partial charge on any atom is -0.439 e. The van der Waals surface area contributed by atoms with E-state index in [2.05, 4.69) is 10.1 Å². The summed E-state index contributed by atoms with van der Waals surface area (Å²) in [7, 11) is 1.91. The molecule has 2 aromatic heterocycles. The third kappa shape index (κ3) is 2.15. The first kappa shape index (κ1) is 11.7. The van der Waals surface area contributed by atoms with Gasteiger partial charge in [0.15, 0.2) is 0 Å². The second kappa shape index (κ2) is 4.70. The lowest BCUT2D eigenvalue weighted by atomic mass is 10.2. The fourth-order valence-electron chi connectivity index (χ4n) is 1.99. The Kier molecular flexibility index (Phi) is 2.89. The van der Waals surface area contributed by atoms with Gasteiger partial charge in [-0.1, -0.05) is 6.07 Å². The van der Waals surface area contributed by atoms with Crippen LogP contribution in [0.3, 0.4) is 0 Å². The van der Waals surface area contributed by atoms with Crippen LogP contribution in [0.15, 0.2) is 42.7 Å². The van der Waals surface area contributed by atoms with E-state index in [1.165, 1.54) is 0 Å². The molecule has 0 unspecified atom stereocenters. The van der Waals surface area contributed by atoms with Crippen molar-refractivity contribution in [3.63, 3.8) is 0 Å². The normalized spacial score (nSPS) is 10.8.